The number of aryl methyl sites for hydroxylation is 3. The molecule has 12 heteroatoms. The maximum atomic E-state index is 12.7. The van der Waals surface area contributed by atoms with E-state index in [9.17, 15) is 9.90 Å². The van der Waals surface area contributed by atoms with E-state index in [0.717, 1.165) is 46.1 Å². The zero-order chi connectivity index (χ0) is 37.5. The van der Waals surface area contributed by atoms with Gasteiger partial charge in [0.15, 0.2) is 5.65 Å². The summed E-state index contributed by atoms with van der Waals surface area (Å²) < 4.78 is 1.88. The molecule has 0 spiro atoms. The van der Waals surface area contributed by atoms with Crippen LogP contribution in [0.15, 0.2) is 97.6 Å². The third kappa shape index (κ3) is 8.62. The molecule has 0 aliphatic heterocycles. The standard InChI is InChI=1S/C27H25N7O2.C8H10.C6H9N3/c28-25-23-24(33-34(26(23)31-15-30-25)19-10-11-20(35)13-19)18-7-5-16(6-8-18)14-29-27(36)22-12-9-17-3-1-2-4-21(17)32-22;1-7-5-3-4-6-8(7)2;1-4-5(2)8-3-9-6(4)7/h1-9,12,15,19-20,35H,10-11,13-14H2,(H,29,36)(H2,28,30,31);3-6H,1-2H3;3H,1-2H3,(H2,7,8,9). The summed E-state index contributed by atoms with van der Waals surface area (Å²) in [4.78, 5) is 33.5. The van der Waals surface area contributed by atoms with Crippen molar-refractivity contribution in [3.8, 4) is 11.3 Å². The minimum atomic E-state index is -0.323. The summed E-state index contributed by atoms with van der Waals surface area (Å²) in [5.41, 5.74) is 20.7. The topological polar surface area (TPSA) is 184 Å². The van der Waals surface area contributed by atoms with E-state index in [-0.39, 0.29) is 18.1 Å². The van der Waals surface area contributed by atoms with Gasteiger partial charge in [-0.15, -0.1) is 0 Å². The van der Waals surface area contributed by atoms with Crippen LogP contribution in [0, 0.1) is 27.7 Å². The maximum Gasteiger partial charge on any atom is 0.270 e. The van der Waals surface area contributed by atoms with E-state index in [2.05, 4.69) is 68.3 Å². The fourth-order valence-electron chi connectivity index (χ4n) is 6.07. The molecule has 1 fully saturated rings. The van der Waals surface area contributed by atoms with Crippen LogP contribution in [0.2, 0.25) is 0 Å². The molecular formula is C41H44N10O2. The minimum absolute atomic E-state index is 0.0729. The summed E-state index contributed by atoms with van der Waals surface area (Å²) in [5.74, 6) is 0.722. The van der Waals surface area contributed by atoms with Crippen molar-refractivity contribution in [1.29, 1.82) is 0 Å². The van der Waals surface area contributed by atoms with E-state index in [4.69, 9.17) is 16.6 Å². The number of nitrogens with two attached hydrogens (primary N) is 2. The lowest BCUT2D eigenvalue weighted by Gasteiger charge is -2.10. The Morgan fingerprint density at radius 1 is 0.811 bits per heavy atom. The predicted octanol–water partition coefficient (Wildman–Crippen LogP) is 6.62. The number of hydrogen-bond donors (Lipinski definition) is 4. The van der Waals surface area contributed by atoms with Crippen LogP contribution in [0.25, 0.3) is 33.2 Å². The number of para-hydroxylation sites is 1. The number of nitrogen functional groups attached to an aromatic ring is 2. The quantitative estimate of drug-likeness (QED) is 0.152. The van der Waals surface area contributed by atoms with Crippen LogP contribution in [0.3, 0.4) is 0 Å². The van der Waals surface area contributed by atoms with Gasteiger partial charge in [0.05, 0.1) is 23.0 Å². The highest BCUT2D eigenvalue weighted by Crippen LogP contribution is 2.36. The van der Waals surface area contributed by atoms with Gasteiger partial charge in [-0.3, -0.25) is 4.79 Å². The van der Waals surface area contributed by atoms with Gasteiger partial charge in [0.25, 0.3) is 5.91 Å². The fourth-order valence-corrected chi connectivity index (χ4v) is 6.07. The van der Waals surface area contributed by atoms with Gasteiger partial charge in [-0.2, -0.15) is 5.10 Å². The first-order valence-corrected chi connectivity index (χ1v) is 17.5. The number of nitrogens with zero attached hydrogens (tertiary/aromatic N) is 7. The molecule has 4 heterocycles. The molecule has 270 valence electrons. The summed E-state index contributed by atoms with van der Waals surface area (Å²) in [7, 11) is 0. The molecule has 2 unspecified atom stereocenters. The number of pyridine rings is 1. The van der Waals surface area contributed by atoms with Crippen molar-refractivity contribution in [2.75, 3.05) is 11.5 Å². The van der Waals surface area contributed by atoms with Gasteiger partial charge in [-0.1, -0.05) is 72.8 Å². The first kappa shape index (κ1) is 36.5. The van der Waals surface area contributed by atoms with Crippen molar-refractivity contribution in [2.24, 2.45) is 0 Å². The summed E-state index contributed by atoms with van der Waals surface area (Å²) in [6, 6.07) is 27.6. The Balaban J connectivity index is 0.000000232. The van der Waals surface area contributed by atoms with Crippen molar-refractivity contribution in [3.63, 3.8) is 0 Å². The lowest BCUT2D eigenvalue weighted by Crippen LogP contribution is -2.23. The lowest BCUT2D eigenvalue weighted by atomic mass is 10.1. The lowest BCUT2D eigenvalue weighted by molar-refractivity contribution is 0.0946. The summed E-state index contributed by atoms with van der Waals surface area (Å²) in [6.07, 6.45) is 4.82. The van der Waals surface area contributed by atoms with Crippen LogP contribution in [0.1, 0.15) is 63.7 Å². The van der Waals surface area contributed by atoms with Crippen molar-refractivity contribution < 1.29 is 9.90 Å². The molecular weight excluding hydrogens is 665 g/mol. The molecule has 8 rings (SSSR count). The SMILES string of the molecule is Cc1ccccc1C.Cc1ncnc(N)c1C.Nc1ncnc2c1c(-c1ccc(CNC(=O)c3ccc4ccccc4n3)cc1)nn2C1CCC(O)C1. The highest BCUT2D eigenvalue weighted by atomic mass is 16.3. The number of amides is 1. The second-order valence-electron chi connectivity index (χ2n) is 13.2. The predicted molar refractivity (Wildman–Crippen MR) is 209 cm³/mol. The Labute approximate surface area is 308 Å². The Hall–Kier alpha value is -6.27. The van der Waals surface area contributed by atoms with E-state index in [1.165, 1.54) is 23.8 Å². The highest BCUT2D eigenvalue weighted by molar-refractivity contribution is 5.98. The number of fused-ring (bicyclic) bond motifs is 2. The first-order valence-electron chi connectivity index (χ1n) is 17.5. The Morgan fingerprint density at radius 2 is 1.49 bits per heavy atom. The molecule has 4 aromatic heterocycles. The van der Waals surface area contributed by atoms with E-state index in [0.29, 0.717) is 47.0 Å². The number of nitrogens with one attached hydrogen (secondary N) is 1. The average Bonchev–Trinajstić information content (AvgIpc) is 3.79. The molecule has 1 aliphatic rings. The third-order valence-electron chi connectivity index (χ3n) is 9.55. The van der Waals surface area contributed by atoms with Gasteiger partial charge in [-0.05, 0) is 75.8 Å². The molecule has 0 saturated heterocycles. The molecule has 1 amide bonds. The van der Waals surface area contributed by atoms with Crippen molar-refractivity contribution in [2.45, 2.75) is 65.6 Å². The molecule has 1 saturated carbocycles. The Morgan fingerprint density at radius 3 is 2.15 bits per heavy atom. The second-order valence-corrected chi connectivity index (χ2v) is 13.2. The number of carbonyl (C=O) groups excluding carboxylic acids is 1. The van der Waals surface area contributed by atoms with Crippen LogP contribution in [-0.4, -0.2) is 51.8 Å². The van der Waals surface area contributed by atoms with Gasteiger partial charge in [0.1, 0.15) is 35.7 Å². The smallest absolute Gasteiger partial charge is 0.270 e. The minimum Gasteiger partial charge on any atom is -0.393 e. The van der Waals surface area contributed by atoms with E-state index >= 15 is 0 Å². The normalized spacial score (nSPS) is 15.0. The molecule has 12 nitrogen and oxygen atoms in total. The van der Waals surface area contributed by atoms with Crippen LogP contribution in [-0.2, 0) is 6.54 Å². The van der Waals surface area contributed by atoms with E-state index < -0.39 is 0 Å². The Bertz CT molecular complexity index is 2320. The molecule has 3 aromatic carbocycles. The molecule has 0 bridgehead atoms. The van der Waals surface area contributed by atoms with Crippen molar-refractivity contribution in [3.05, 3.63) is 131 Å². The number of aromatic nitrogens is 7. The monoisotopic (exact) mass is 708 g/mol. The summed E-state index contributed by atoms with van der Waals surface area (Å²) in [5, 5.41) is 19.5. The number of aliphatic hydroxyl groups excluding tert-OH is 1. The van der Waals surface area contributed by atoms with E-state index in [1.54, 1.807) is 6.07 Å². The first-order chi connectivity index (χ1) is 25.6. The number of aliphatic hydroxyl groups is 1. The maximum absolute atomic E-state index is 12.7. The largest absolute Gasteiger partial charge is 0.393 e. The van der Waals surface area contributed by atoms with Crippen molar-refractivity contribution in [1.82, 2.24) is 40.0 Å². The van der Waals surface area contributed by atoms with Crippen LogP contribution >= 0.6 is 0 Å². The zero-order valence-electron chi connectivity index (χ0n) is 30.4. The molecule has 53 heavy (non-hydrogen) atoms. The van der Waals surface area contributed by atoms with Crippen molar-refractivity contribution >= 4 is 39.5 Å². The molecule has 0 radical (unpaired) electrons. The van der Waals surface area contributed by atoms with Crippen LogP contribution < -0.4 is 16.8 Å². The summed E-state index contributed by atoms with van der Waals surface area (Å²) >= 11 is 0. The van der Waals surface area contributed by atoms with Gasteiger partial charge in [0, 0.05) is 28.8 Å². The third-order valence-corrected chi connectivity index (χ3v) is 9.55. The fraction of sp³-hybridized carbons (Fsp3) is 0.244. The number of rotatable bonds is 5. The van der Waals surface area contributed by atoms with Gasteiger partial charge >= 0.3 is 0 Å². The number of carbonyl (C=O) groups is 1. The Kier molecular flexibility index (Phi) is 11.3. The molecule has 2 atom stereocenters. The average molecular weight is 709 g/mol. The van der Waals surface area contributed by atoms with Gasteiger partial charge < -0.3 is 21.9 Å². The molecule has 1 aliphatic carbocycles. The number of hydrogen-bond acceptors (Lipinski definition) is 10. The van der Waals surface area contributed by atoms with E-state index in [1.807, 2.05) is 73.1 Å². The molecule has 7 aromatic rings. The number of anilines is 2. The second kappa shape index (κ2) is 16.4. The van der Waals surface area contributed by atoms with Crippen LogP contribution in [0.4, 0.5) is 11.6 Å². The van der Waals surface area contributed by atoms with Gasteiger partial charge in [0.2, 0.25) is 0 Å². The summed E-state index contributed by atoms with van der Waals surface area (Å²) in [6.45, 7) is 8.43. The van der Waals surface area contributed by atoms with Crippen LogP contribution in [0.5, 0.6) is 0 Å². The van der Waals surface area contributed by atoms with Gasteiger partial charge in [-0.25, -0.2) is 29.6 Å². The molecule has 6 N–H and O–H groups in total. The number of benzene rings is 3. The zero-order valence-corrected chi connectivity index (χ0v) is 30.4. The highest BCUT2D eigenvalue weighted by Gasteiger charge is 2.28.